The van der Waals surface area contributed by atoms with Gasteiger partial charge in [0.1, 0.15) is 11.5 Å². The summed E-state index contributed by atoms with van der Waals surface area (Å²) in [4.78, 5) is 4.21. The lowest BCUT2D eigenvalue weighted by molar-refractivity contribution is 0.478. The van der Waals surface area contributed by atoms with Crippen LogP contribution >= 0.6 is 0 Å². The number of hydrogen-bond acceptors (Lipinski definition) is 3. The van der Waals surface area contributed by atoms with Crippen molar-refractivity contribution in [3.05, 3.63) is 53.9 Å². The SMILES string of the molecule is Cc1ccc(Oc2cncc(CNC(C)C)c2)cc1. The number of pyridine rings is 1. The Bertz CT molecular complexity index is 521. The van der Waals surface area contributed by atoms with Gasteiger partial charge < -0.3 is 10.1 Å². The first-order valence-corrected chi connectivity index (χ1v) is 6.55. The molecule has 3 heteroatoms. The Balaban J connectivity index is 2.04. The summed E-state index contributed by atoms with van der Waals surface area (Å²) < 4.78 is 5.79. The average molecular weight is 256 g/mol. The lowest BCUT2D eigenvalue weighted by atomic mass is 10.2. The number of nitrogens with one attached hydrogen (secondary N) is 1. The molecule has 0 spiro atoms. The van der Waals surface area contributed by atoms with Gasteiger partial charge in [0.15, 0.2) is 0 Å². The van der Waals surface area contributed by atoms with E-state index in [9.17, 15) is 0 Å². The molecule has 0 aliphatic rings. The van der Waals surface area contributed by atoms with Gasteiger partial charge in [-0.3, -0.25) is 4.98 Å². The quantitative estimate of drug-likeness (QED) is 0.886. The number of ether oxygens (including phenoxy) is 1. The Morgan fingerprint density at radius 2 is 1.84 bits per heavy atom. The van der Waals surface area contributed by atoms with E-state index in [0.717, 1.165) is 23.6 Å². The molecule has 0 amide bonds. The van der Waals surface area contributed by atoms with Crippen molar-refractivity contribution >= 4 is 0 Å². The van der Waals surface area contributed by atoms with Crippen LogP contribution < -0.4 is 10.1 Å². The zero-order valence-electron chi connectivity index (χ0n) is 11.7. The van der Waals surface area contributed by atoms with Crippen LogP contribution in [0, 0.1) is 6.92 Å². The number of rotatable bonds is 5. The molecule has 0 atom stereocenters. The van der Waals surface area contributed by atoms with Crippen LogP contribution in [0.4, 0.5) is 0 Å². The van der Waals surface area contributed by atoms with Gasteiger partial charge in [0, 0.05) is 18.8 Å². The monoisotopic (exact) mass is 256 g/mol. The lowest BCUT2D eigenvalue weighted by Crippen LogP contribution is -2.21. The van der Waals surface area contributed by atoms with Gasteiger partial charge in [0.2, 0.25) is 0 Å². The molecule has 0 radical (unpaired) electrons. The summed E-state index contributed by atoms with van der Waals surface area (Å²) >= 11 is 0. The highest BCUT2D eigenvalue weighted by molar-refractivity contribution is 5.32. The Labute approximate surface area is 114 Å². The first-order valence-electron chi connectivity index (χ1n) is 6.55. The minimum absolute atomic E-state index is 0.460. The second kappa shape index (κ2) is 6.34. The van der Waals surface area contributed by atoms with Crippen molar-refractivity contribution in [1.29, 1.82) is 0 Å². The first kappa shape index (κ1) is 13.6. The maximum absolute atomic E-state index is 5.79. The van der Waals surface area contributed by atoms with Crippen molar-refractivity contribution in [2.45, 2.75) is 33.4 Å². The van der Waals surface area contributed by atoms with E-state index in [1.165, 1.54) is 5.56 Å². The standard InChI is InChI=1S/C16H20N2O/c1-12(2)18-10-14-8-16(11-17-9-14)19-15-6-4-13(3)5-7-15/h4-9,11-12,18H,10H2,1-3H3. The minimum Gasteiger partial charge on any atom is -0.456 e. The summed E-state index contributed by atoms with van der Waals surface area (Å²) in [5.41, 5.74) is 2.35. The summed E-state index contributed by atoms with van der Waals surface area (Å²) in [5, 5.41) is 3.36. The van der Waals surface area contributed by atoms with Crippen LogP contribution in [-0.4, -0.2) is 11.0 Å². The van der Waals surface area contributed by atoms with Gasteiger partial charge in [0.05, 0.1) is 6.20 Å². The van der Waals surface area contributed by atoms with Crippen molar-refractivity contribution in [2.24, 2.45) is 0 Å². The molecule has 0 saturated carbocycles. The van der Waals surface area contributed by atoms with Gasteiger partial charge in [-0.1, -0.05) is 31.5 Å². The topological polar surface area (TPSA) is 34.1 Å². The van der Waals surface area contributed by atoms with Crippen molar-refractivity contribution < 1.29 is 4.74 Å². The van der Waals surface area contributed by atoms with E-state index in [2.05, 4.69) is 31.1 Å². The zero-order chi connectivity index (χ0) is 13.7. The Hall–Kier alpha value is -1.87. The Morgan fingerprint density at radius 1 is 1.11 bits per heavy atom. The van der Waals surface area contributed by atoms with Gasteiger partial charge in [-0.05, 0) is 30.7 Å². The van der Waals surface area contributed by atoms with Gasteiger partial charge in [-0.2, -0.15) is 0 Å². The molecule has 0 unspecified atom stereocenters. The summed E-state index contributed by atoms with van der Waals surface area (Å²) in [5.74, 6) is 1.60. The lowest BCUT2D eigenvalue weighted by Gasteiger charge is -2.10. The highest BCUT2D eigenvalue weighted by Crippen LogP contribution is 2.21. The molecule has 3 nitrogen and oxygen atoms in total. The molecule has 2 rings (SSSR count). The van der Waals surface area contributed by atoms with Gasteiger partial charge in [-0.25, -0.2) is 0 Å². The van der Waals surface area contributed by atoms with Crippen molar-refractivity contribution in [1.82, 2.24) is 10.3 Å². The molecule has 100 valence electrons. The van der Waals surface area contributed by atoms with Crippen LogP contribution in [0.25, 0.3) is 0 Å². The van der Waals surface area contributed by atoms with Crippen molar-refractivity contribution in [3.63, 3.8) is 0 Å². The summed E-state index contributed by atoms with van der Waals surface area (Å²) in [6.07, 6.45) is 3.59. The molecular weight excluding hydrogens is 236 g/mol. The number of nitrogens with zero attached hydrogens (tertiary/aromatic N) is 1. The van der Waals surface area contributed by atoms with Crippen LogP contribution in [0.3, 0.4) is 0 Å². The highest BCUT2D eigenvalue weighted by Gasteiger charge is 2.01. The molecule has 2 aromatic rings. The summed E-state index contributed by atoms with van der Waals surface area (Å²) in [7, 11) is 0. The molecule has 0 aliphatic heterocycles. The second-order valence-electron chi connectivity index (χ2n) is 4.98. The molecule has 1 aromatic carbocycles. The van der Waals surface area contributed by atoms with E-state index in [0.29, 0.717) is 6.04 Å². The van der Waals surface area contributed by atoms with Crippen molar-refractivity contribution in [3.8, 4) is 11.5 Å². The normalized spacial score (nSPS) is 10.7. The highest BCUT2D eigenvalue weighted by atomic mass is 16.5. The molecule has 0 aliphatic carbocycles. The summed E-state index contributed by atoms with van der Waals surface area (Å²) in [6.45, 7) is 7.11. The zero-order valence-corrected chi connectivity index (χ0v) is 11.7. The van der Waals surface area contributed by atoms with E-state index >= 15 is 0 Å². The fraction of sp³-hybridized carbons (Fsp3) is 0.312. The van der Waals surface area contributed by atoms with Crippen LogP contribution in [0.5, 0.6) is 11.5 Å². The fourth-order valence-corrected chi connectivity index (χ4v) is 1.68. The molecule has 1 aromatic heterocycles. The average Bonchev–Trinajstić information content (AvgIpc) is 2.40. The van der Waals surface area contributed by atoms with Gasteiger partial charge in [0.25, 0.3) is 0 Å². The third-order valence-corrected chi connectivity index (χ3v) is 2.74. The third kappa shape index (κ3) is 4.38. The Kier molecular flexibility index (Phi) is 4.53. The minimum atomic E-state index is 0.460. The molecule has 0 saturated heterocycles. The maximum Gasteiger partial charge on any atom is 0.146 e. The van der Waals surface area contributed by atoms with E-state index in [1.54, 1.807) is 6.20 Å². The summed E-state index contributed by atoms with van der Waals surface area (Å²) in [6, 6.07) is 10.5. The van der Waals surface area contributed by atoms with E-state index in [1.807, 2.05) is 36.5 Å². The molecule has 1 N–H and O–H groups in total. The molecule has 0 fully saturated rings. The third-order valence-electron chi connectivity index (χ3n) is 2.74. The smallest absolute Gasteiger partial charge is 0.146 e. The molecule has 0 bridgehead atoms. The fourth-order valence-electron chi connectivity index (χ4n) is 1.68. The largest absolute Gasteiger partial charge is 0.456 e. The number of hydrogen-bond donors (Lipinski definition) is 1. The Morgan fingerprint density at radius 3 is 2.53 bits per heavy atom. The van der Waals surface area contributed by atoms with Gasteiger partial charge in [-0.15, -0.1) is 0 Å². The van der Waals surface area contributed by atoms with Crippen LogP contribution in [0.2, 0.25) is 0 Å². The maximum atomic E-state index is 5.79. The first-order chi connectivity index (χ1) is 9.13. The number of aromatic nitrogens is 1. The van der Waals surface area contributed by atoms with E-state index in [4.69, 9.17) is 4.74 Å². The molecule has 19 heavy (non-hydrogen) atoms. The predicted octanol–water partition coefficient (Wildman–Crippen LogP) is 3.68. The second-order valence-corrected chi connectivity index (χ2v) is 4.98. The van der Waals surface area contributed by atoms with Crippen LogP contribution in [-0.2, 0) is 6.54 Å². The van der Waals surface area contributed by atoms with Crippen molar-refractivity contribution in [2.75, 3.05) is 0 Å². The molecular formula is C16H20N2O. The van der Waals surface area contributed by atoms with E-state index in [-0.39, 0.29) is 0 Å². The van der Waals surface area contributed by atoms with Gasteiger partial charge >= 0.3 is 0 Å². The molecule has 1 heterocycles. The number of aryl methyl sites for hydroxylation is 1. The van der Waals surface area contributed by atoms with E-state index < -0.39 is 0 Å². The van der Waals surface area contributed by atoms with Crippen LogP contribution in [0.1, 0.15) is 25.0 Å². The predicted molar refractivity (Wildman–Crippen MR) is 77.5 cm³/mol. The van der Waals surface area contributed by atoms with Crippen LogP contribution in [0.15, 0.2) is 42.7 Å². The number of benzene rings is 1.